The summed E-state index contributed by atoms with van der Waals surface area (Å²) in [6, 6.07) is 5.80. The number of carbonyl (C=O) groups is 2. The van der Waals surface area contributed by atoms with Gasteiger partial charge in [0, 0.05) is 20.2 Å². The van der Waals surface area contributed by atoms with Crippen molar-refractivity contribution in [3.05, 3.63) is 30.1 Å². The van der Waals surface area contributed by atoms with Gasteiger partial charge in [-0.25, -0.2) is 4.39 Å². The molecule has 0 saturated carbocycles. The minimum Gasteiger partial charge on any atom is -0.481 e. The van der Waals surface area contributed by atoms with Crippen LogP contribution in [0.5, 0.6) is 5.75 Å². The fourth-order valence-corrected chi connectivity index (χ4v) is 2.51. The van der Waals surface area contributed by atoms with Crippen molar-refractivity contribution < 1.29 is 28.6 Å². The molecule has 1 aromatic rings. The van der Waals surface area contributed by atoms with E-state index >= 15 is 0 Å². The second-order valence-corrected chi connectivity index (χ2v) is 5.30. The predicted molar refractivity (Wildman–Crippen MR) is 75.0 cm³/mol. The smallest absolute Gasteiger partial charge is 0.313 e. The van der Waals surface area contributed by atoms with E-state index in [2.05, 4.69) is 0 Å². The van der Waals surface area contributed by atoms with Gasteiger partial charge >= 0.3 is 5.97 Å². The van der Waals surface area contributed by atoms with Crippen molar-refractivity contribution in [2.24, 2.45) is 5.41 Å². The number of likely N-dealkylation sites (tertiary alicyclic amines) is 1. The van der Waals surface area contributed by atoms with Gasteiger partial charge in [-0.05, 0) is 18.6 Å². The zero-order valence-corrected chi connectivity index (χ0v) is 12.3. The van der Waals surface area contributed by atoms with E-state index in [4.69, 9.17) is 9.47 Å². The summed E-state index contributed by atoms with van der Waals surface area (Å²) >= 11 is 0. The molecule has 1 atom stereocenters. The van der Waals surface area contributed by atoms with Gasteiger partial charge in [0.25, 0.3) is 5.91 Å². The molecule has 120 valence electrons. The van der Waals surface area contributed by atoms with E-state index in [1.807, 2.05) is 0 Å². The topological polar surface area (TPSA) is 76.1 Å². The Morgan fingerprint density at radius 3 is 2.77 bits per heavy atom. The lowest BCUT2D eigenvalue weighted by molar-refractivity contribution is -0.151. The highest BCUT2D eigenvalue weighted by atomic mass is 19.1. The fourth-order valence-electron chi connectivity index (χ4n) is 2.51. The first-order valence-corrected chi connectivity index (χ1v) is 6.86. The lowest BCUT2D eigenvalue weighted by atomic mass is 9.88. The molecule has 1 aliphatic heterocycles. The second-order valence-electron chi connectivity index (χ2n) is 5.30. The van der Waals surface area contributed by atoms with E-state index in [0.717, 1.165) is 0 Å². The van der Waals surface area contributed by atoms with Crippen LogP contribution in [0.15, 0.2) is 24.3 Å². The van der Waals surface area contributed by atoms with E-state index in [1.165, 1.54) is 30.2 Å². The maximum atomic E-state index is 13.4. The number of hydrogen-bond donors (Lipinski definition) is 1. The molecular formula is C15H18FNO5. The first kappa shape index (κ1) is 16.2. The number of carbonyl (C=O) groups excluding carboxylic acids is 1. The Labute approximate surface area is 127 Å². The third-order valence-corrected chi connectivity index (χ3v) is 3.77. The molecule has 1 N–H and O–H groups in total. The van der Waals surface area contributed by atoms with Crippen LogP contribution in [0.25, 0.3) is 0 Å². The fraction of sp³-hybridized carbons (Fsp3) is 0.467. The van der Waals surface area contributed by atoms with Gasteiger partial charge in [-0.15, -0.1) is 0 Å². The molecule has 1 amide bonds. The Hall–Kier alpha value is -2.15. The Balaban J connectivity index is 1.94. The molecule has 1 fully saturated rings. The summed E-state index contributed by atoms with van der Waals surface area (Å²) in [6.07, 6.45) is 0.321. The molecule has 22 heavy (non-hydrogen) atoms. The molecule has 0 bridgehead atoms. The molecule has 1 heterocycles. The van der Waals surface area contributed by atoms with E-state index in [-0.39, 0.29) is 31.4 Å². The third-order valence-electron chi connectivity index (χ3n) is 3.77. The molecule has 0 radical (unpaired) electrons. The monoisotopic (exact) mass is 311 g/mol. The zero-order valence-electron chi connectivity index (χ0n) is 12.3. The van der Waals surface area contributed by atoms with Gasteiger partial charge in [0.2, 0.25) is 0 Å². The minimum absolute atomic E-state index is 0.00330. The van der Waals surface area contributed by atoms with Gasteiger partial charge in [-0.3, -0.25) is 9.59 Å². The molecule has 1 aliphatic rings. The predicted octanol–water partition coefficient (Wildman–Crippen LogP) is 1.15. The number of amides is 1. The van der Waals surface area contributed by atoms with Crippen LogP contribution in [0.3, 0.4) is 0 Å². The molecule has 0 spiro atoms. The van der Waals surface area contributed by atoms with Crippen LogP contribution >= 0.6 is 0 Å². The van der Waals surface area contributed by atoms with Crippen molar-refractivity contribution in [1.29, 1.82) is 0 Å². The number of para-hydroxylation sites is 1. The first-order valence-electron chi connectivity index (χ1n) is 6.86. The summed E-state index contributed by atoms with van der Waals surface area (Å²) < 4.78 is 23.5. The largest absolute Gasteiger partial charge is 0.481 e. The lowest BCUT2D eigenvalue weighted by Crippen LogP contribution is -2.41. The molecule has 6 nitrogen and oxygen atoms in total. The van der Waals surface area contributed by atoms with Crippen molar-refractivity contribution in [2.75, 3.05) is 33.4 Å². The van der Waals surface area contributed by atoms with Crippen molar-refractivity contribution in [2.45, 2.75) is 6.42 Å². The van der Waals surface area contributed by atoms with Crippen LogP contribution in [0, 0.1) is 11.2 Å². The van der Waals surface area contributed by atoms with Gasteiger partial charge in [0.15, 0.2) is 18.2 Å². The number of benzene rings is 1. The van der Waals surface area contributed by atoms with Crippen molar-refractivity contribution in [3.8, 4) is 5.75 Å². The Kier molecular flexibility index (Phi) is 4.97. The first-order chi connectivity index (χ1) is 10.5. The number of hydrogen-bond acceptors (Lipinski definition) is 4. The molecular weight excluding hydrogens is 293 g/mol. The lowest BCUT2D eigenvalue weighted by Gasteiger charge is -2.23. The average molecular weight is 311 g/mol. The normalized spacial score (nSPS) is 20.9. The number of aliphatic carboxylic acids is 1. The second kappa shape index (κ2) is 6.74. The maximum absolute atomic E-state index is 13.4. The number of ether oxygens (including phenoxy) is 2. The van der Waals surface area contributed by atoms with Crippen LogP contribution in [-0.2, 0) is 14.3 Å². The third kappa shape index (κ3) is 3.36. The summed E-state index contributed by atoms with van der Waals surface area (Å²) in [5, 5.41) is 9.34. The Morgan fingerprint density at radius 1 is 1.41 bits per heavy atom. The number of methoxy groups -OCH3 is 1. The summed E-state index contributed by atoms with van der Waals surface area (Å²) in [4.78, 5) is 24.9. The zero-order chi connectivity index (χ0) is 16.2. The highest BCUT2D eigenvalue weighted by Crippen LogP contribution is 2.31. The molecule has 0 aromatic heterocycles. The quantitative estimate of drug-likeness (QED) is 0.853. The molecule has 2 rings (SSSR count). The number of carboxylic acids is 1. The summed E-state index contributed by atoms with van der Waals surface area (Å²) in [5.41, 5.74) is -1.08. The van der Waals surface area contributed by atoms with E-state index in [9.17, 15) is 19.1 Å². The molecule has 7 heteroatoms. The standard InChI is InChI=1S/C15H18FNO5/c1-21-10-15(14(19)20)6-7-17(9-15)13(18)8-22-12-5-3-2-4-11(12)16/h2-5H,6-10H2,1H3,(H,19,20). The van der Waals surface area contributed by atoms with E-state index in [1.54, 1.807) is 6.07 Å². The van der Waals surface area contributed by atoms with Crippen molar-refractivity contribution in [3.63, 3.8) is 0 Å². The molecule has 1 saturated heterocycles. The van der Waals surface area contributed by atoms with Crippen molar-refractivity contribution >= 4 is 11.9 Å². The van der Waals surface area contributed by atoms with Crippen LogP contribution in [-0.4, -0.2) is 55.3 Å². The number of halogens is 1. The van der Waals surface area contributed by atoms with E-state index < -0.39 is 17.2 Å². The van der Waals surface area contributed by atoms with Crippen molar-refractivity contribution in [1.82, 2.24) is 4.90 Å². The van der Waals surface area contributed by atoms with Crippen LogP contribution in [0.2, 0.25) is 0 Å². The average Bonchev–Trinajstić information content (AvgIpc) is 2.92. The van der Waals surface area contributed by atoms with Crippen LogP contribution in [0.1, 0.15) is 6.42 Å². The van der Waals surface area contributed by atoms with Gasteiger partial charge in [-0.1, -0.05) is 12.1 Å². The number of rotatable bonds is 6. The summed E-state index contributed by atoms with van der Waals surface area (Å²) in [6.45, 7) is 0.0919. The van der Waals surface area contributed by atoms with Crippen LogP contribution in [0.4, 0.5) is 4.39 Å². The highest BCUT2D eigenvalue weighted by molar-refractivity contribution is 5.81. The number of carboxylic acid groups (broad SMARTS) is 1. The van der Waals surface area contributed by atoms with Gasteiger partial charge < -0.3 is 19.5 Å². The Morgan fingerprint density at radius 2 is 2.14 bits per heavy atom. The van der Waals surface area contributed by atoms with Gasteiger partial charge in [0.05, 0.1) is 6.61 Å². The summed E-state index contributed by atoms with van der Waals surface area (Å²) in [7, 11) is 1.43. The molecule has 0 aliphatic carbocycles. The summed E-state index contributed by atoms with van der Waals surface area (Å²) in [5.74, 6) is -1.91. The number of nitrogens with zero attached hydrogens (tertiary/aromatic N) is 1. The molecule has 1 aromatic carbocycles. The van der Waals surface area contributed by atoms with E-state index in [0.29, 0.717) is 13.0 Å². The minimum atomic E-state index is -1.08. The van der Waals surface area contributed by atoms with Gasteiger partial charge in [-0.2, -0.15) is 0 Å². The van der Waals surface area contributed by atoms with Gasteiger partial charge in [0.1, 0.15) is 5.41 Å². The Bertz CT molecular complexity index is 565. The van der Waals surface area contributed by atoms with Crippen LogP contribution < -0.4 is 4.74 Å². The molecule has 1 unspecified atom stereocenters. The SMILES string of the molecule is COCC1(C(=O)O)CCN(C(=O)COc2ccccc2F)C1. The maximum Gasteiger partial charge on any atom is 0.313 e. The highest BCUT2D eigenvalue weighted by Gasteiger charge is 2.46.